The molecular weight excluding hydrogens is 338 g/mol. The number of carbonyl (C=O) groups excluding carboxylic acids is 1. The monoisotopic (exact) mass is 375 g/mol. The van der Waals surface area contributed by atoms with Gasteiger partial charge in [0.2, 0.25) is 10.0 Å². The zero-order valence-corrected chi connectivity index (χ0v) is 17.0. The van der Waals surface area contributed by atoms with Gasteiger partial charge in [-0.1, -0.05) is 78.2 Å². The van der Waals surface area contributed by atoms with E-state index in [0.717, 1.165) is 18.9 Å². The van der Waals surface area contributed by atoms with Gasteiger partial charge in [-0.05, 0) is 6.42 Å². The quantitative estimate of drug-likeness (QED) is 0.216. The number of unbranched alkanes of at least 4 members (excludes halogenated alkanes) is 9. The highest BCUT2D eigenvalue weighted by molar-refractivity contribution is 7.89. The minimum Gasteiger partial charge on any atom is -0.461 e. The molecule has 5 nitrogen and oxygen atoms in total. The second-order valence-corrected chi connectivity index (χ2v) is 8.45. The average Bonchev–Trinajstić information content (AvgIpc) is 2.59. The van der Waals surface area contributed by atoms with Crippen LogP contribution in [0, 0.1) is 0 Å². The molecule has 0 saturated heterocycles. The molecule has 0 spiro atoms. The molecule has 0 aromatic heterocycles. The number of carbonyl (C=O) groups is 1. The predicted octanol–water partition coefficient (Wildman–Crippen LogP) is 4.29. The van der Waals surface area contributed by atoms with E-state index in [1.165, 1.54) is 55.7 Å². The van der Waals surface area contributed by atoms with E-state index in [2.05, 4.69) is 13.5 Å². The van der Waals surface area contributed by atoms with Crippen molar-refractivity contribution in [2.24, 2.45) is 0 Å². The first-order chi connectivity index (χ1) is 12.0. The molecule has 0 bridgehead atoms. The van der Waals surface area contributed by atoms with Crippen molar-refractivity contribution < 1.29 is 17.9 Å². The fourth-order valence-electron chi connectivity index (χ4n) is 2.71. The normalized spacial score (nSPS) is 11.6. The van der Waals surface area contributed by atoms with Crippen molar-refractivity contribution in [2.75, 3.05) is 25.4 Å². The van der Waals surface area contributed by atoms with Crippen molar-refractivity contribution in [1.82, 2.24) is 4.31 Å². The van der Waals surface area contributed by atoms with Gasteiger partial charge in [0, 0.05) is 19.2 Å². The lowest BCUT2D eigenvalue weighted by Crippen LogP contribution is -2.35. The lowest BCUT2D eigenvalue weighted by atomic mass is 10.1. The summed E-state index contributed by atoms with van der Waals surface area (Å²) in [6.45, 7) is 8.23. The molecule has 0 unspecified atom stereocenters. The lowest BCUT2D eigenvalue weighted by molar-refractivity contribution is -0.137. The van der Waals surface area contributed by atoms with Gasteiger partial charge in [-0.3, -0.25) is 0 Å². The zero-order valence-electron chi connectivity index (χ0n) is 16.2. The van der Waals surface area contributed by atoms with Crippen LogP contribution in [0.4, 0.5) is 0 Å². The van der Waals surface area contributed by atoms with Crippen LogP contribution in [-0.2, 0) is 19.6 Å². The van der Waals surface area contributed by atoms with Crippen LogP contribution >= 0.6 is 0 Å². The first kappa shape index (κ1) is 24.1. The van der Waals surface area contributed by atoms with E-state index in [1.807, 2.05) is 6.92 Å². The van der Waals surface area contributed by atoms with E-state index in [4.69, 9.17) is 4.74 Å². The standard InChI is InChI=1S/C19H37NO4S/c1-4-7-8-9-10-11-12-13-14-15-16-20(6-3)25(22,23)18-17-24-19(21)5-2/h5H,2,4,6-18H2,1,3H3. The van der Waals surface area contributed by atoms with Crippen molar-refractivity contribution in [3.63, 3.8) is 0 Å². The number of hydrogen-bond donors (Lipinski definition) is 0. The molecule has 148 valence electrons. The fourth-order valence-corrected chi connectivity index (χ4v) is 4.06. The molecular formula is C19H37NO4S. The van der Waals surface area contributed by atoms with Crippen LogP contribution in [0.2, 0.25) is 0 Å². The van der Waals surface area contributed by atoms with Gasteiger partial charge in [-0.2, -0.15) is 0 Å². The van der Waals surface area contributed by atoms with Crippen LogP contribution in [0.15, 0.2) is 12.7 Å². The van der Waals surface area contributed by atoms with Crippen LogP contribution < -0.4 is 0 Å². The van der Waals surface area contributed by atoms with Gasteiger partial charge in [0.15, 0.2) is 0 Å². The second-order valence-electron chi connectivity index (χ2n) is 6.36. The Balaban J connectivity index is 3.82. The summed E-state index contributed by atoms with van der Waals surface area (Å²) in [6.07, 6.45) is 13.3. The third-order valence-corrected chi connectivity index (χ3v) is 6.17. The van der Waals surface area contributed by atoms with E-state index >= 15 is 0 Å². The highest BCUT2D eigenvalue weighted by Gasteiger charge is 2.20. The van der Waals surface area contributed by atoms with Gasteiger partial charge in [0.25, 0.3) is 0 Å². The minimum atomic E-state index is -3.36. The summed E-state index contributed by atoms with van der Waals surface area (Å²) >= 11 is 0. The molecule has 0 heterocycles. The Bertz CT molecular complexity index is 448. The van der Waals surface area contributed by atoms with Crippen LogP contribution in [0.25, 0.3) is 0 Å². The summed E-state index contributed by atoms with van der Waals surface area (Å²) in [7, 11) is -3.36. The zero-order chi connectivity index (χ0) is 19.0. The van der Waals surface area contributed by atoms with Crippen LogP contribution in [0.1, 0.15) is 78.1 Å². The summed E-state index contributed by atoms with van der Waals surface area (Å²) in [5, 5.41) is 0. The Morgan fingerprint density at radius 2 is 1.48 bits per heavy atom. The van der Waals surface area contributed by atoms with Crippen molar-refractivity contribution in [3.05, 3.63) is 12.7 Å². The van der Waals surface area contributed by atoms with Crippen molar-refractivity contribution in [3.8, 4) is 0 Å². The first-order valence-electron chi connectivity index (χ1n) is 9.75. The van der Waals surface area contributed by atoms with E-state index in [0.29, 0.717) is 13.1 Å². The molecule has 0 amide bonds. The molecule has 0 fully saturated rings. The van der Waals surface area contributed by atoms with Gasteiger partial charge < -0.3 is 4.74 Å². The summed E-state index contributed by atoms with van der Waals surface area (Å²) < 4.78 is 30.7. The van der Waals surface area contributed by atoms with Crippen molar-refractivity contribution in [2.45, 2.75) is 78.1 Å². The van der Waals surface area contributed by atoms with E-state index in [-0.39, 0.29) is 12.4 Å². The highest BCUT2D eigenvalue weighted by Crippen LogP contribution is 2.11. The molecule has 0 saturated carbocycles. The highest BCUT2D eigenvalue weighted by atomic mass is 32.2. The van der Waals surface area contributed by atoms with Gasteiger partial charge in [-0.15, -0.1) is 0 Å². The third-order valence-electron chi connectivity index (χ3n) is 4.26. The Hall–Kier alpha value is -0.880. The molecule has 6 heteroatoms. The third kappa shape index (κ3) is 13.0. The maximum atomic E-state index is 12.2. The summed E-state index contributed by atoms with van der Waals surface area (Å²) in [6, 6.07) is 0. The van der Waals surface area contributed by atoms with Gasteiger partial charge in [0.1, 0.15) is 6.61 Å². The van der Waals surface area contributed by atoms with E-state index in [9.17, 15) is 13.2 Å². The first-order valence-corrected chi connectivity index (χ1v) is 11.4. The number of ether oxygens (including phenoxy) is 1. The second kappa shape index (κ2) is 15.4. The van der Waals surface area contributed by atoms with Crippen LogP contribution in [0.3, 0.4) is 0 Å². The van der Waals surface area contributed by atoms with Crippen LogP contribution in [-0.4, -0.2) is 44.1 Å². The molecule has 0 atom stereocenters. The number of sulfonamides is 1. The van der Waals surface area contributed by atoms with Gasteiger partial charge >= 0.3 is 5.97 Å². The van der Waals surface area contributed by atoms with Crippen molar-refractivity contribution >= 4 is 16.0 Å². The van der Waals surface area contributed by atoms with E-state index in [1.54, 1.807) is 0 Å². The van der Waals surface area contributed by atoms with Crippen LogP contribution in [0.5, 0.6) is 0 Å². The molecule has 0 aliphatic carbocycles. The molecule has 25 heavy (non-hydrogen) atoms. The average molecular weight is 376 g/mol. The van der Waals surface area contributed by atoms with E-state index < -0.39 is 16.0 Å². The predicted molar refractivity (Wildman–Crippen MR) is 104 cm³/mol. The Labute approximate surface area is 154 Å². The Morgan fingerprint density at radius 3 is 1.96 bits per heavy atom. The smallest absolute Gasteiger partial charge is 0.330 e. The maximum absolute atomic E-state index is 12.2. The fraction of sp³-hybridized carbons (Fsp3) is 0.842. The SMILES string of the molecule is C=CC(=O)OCCS(=O)(=O)N(CC)CCCCCCCCCCCC. The number of esters is 1. The molecule has 0 aliphatic heterocycles. The topological polar surface area (TPSA) is 63.7 Å². The molecule has 0 aromatic rings. The number of hydrogen-bond acceptors (Lipinski definition) is 4. The number of rotatable bonds is 17. The molecule has 0 radical (unpaired) electrons. The van der Waals surface area contributed by atoms with Gasteiger partial charge in [0.05, 0.1) is 5.75 Å². The molecule has 0 aliphatic rings. The van der Waals surface area contributed by atoms with Crippen molar-refractivity contribution in [1.29, 1.82) is 0 Å². The summed E-state index contributed by atoms with van der Waals surface area (Å²) in [5.74, 6) is -0.758. The molecule has 0 aromatic carbocycles. The Kier molecular flexibility index (Phi) is 14.8. The maximum Gasteiger partial charge on any atom is 0.330 e. The van der Waals surface area contributed by atoms with Gasteiger partial charge in [-0.25, -0.2) is 17.5 Å². The summed E-state index contributed by atoms with van der Waals surface area (Å²) in [5.41, 5.74) is 0. The summed E-state index contributed by atoms with van der Waals surface area (Å²) in [4.78, 5) is 11.0. The number of nitrogens with zero attached hydrogens (tertiary/aromatic N) is 1. The molecule has 0 rings (SSSR count). The largest absolute Gasteiger partial charge is 0.461 e. The Morgan fingerprint density at radius 1 is 0.960 bits per heavy atom. The molecule has 0 N–H and O–H groups in total. The lowest BCUT2D eigenvalue weighted by Gasteiger charge is -2.20. The minimum absolute atomic E-state index is 0.123.